The molecule has 1 heteroatoms. The van der Waals surface area contributed by atoms with Crippen molar-refractivity contribution in [1.82, 2.24) is 5.32 Å². The van der Waals surface area contributed by atoms with Gasteiger partial charge in [-0.15, -0.1) is 0 Å². The van der Waals surface area contributed by atoms with E-state index in [9.17, 15) is 0 Å². The lowest BCUT2D eigenvalue weighted by Crippen LogP contribution is -2.29. The van der Waals surface area contributed by atoms with Crippen molar-refractivity contribution in [2.24, 2.45) is 0 Å². The zero-order valence-corrected chi connectivity index (χ0v) is 11.0. The van der Waals surface area contributed by atoms with Crippen LogP contribution in [0.5, 0.6) is 0 Å². The highest BCUT2D eigenvalue weighted by Crippen LogP contribution is 2.29. The van der Waals surface area contributed by atoms with Crippen molar-refractivity contribution in [3.8, 4) is 0 Å². The largest absolute Gasteiger partial charge is 0.306 e. The molecule has 0 saturated heterocycles. The Labute approximate surface area is 109 Å². The molecule has 2 aromatic rings. The van der Waals surface area contributed by atoms with E-state index in [1.165, 1.54) is 22.3 Å². The fourth-order valence-corrected chi connectivity index (χ4v) is 2.88. The second kappa shape index (κ2) is 4.58. The number of hydrogen-bond acceptors (Lipinski definition) is 1. The van der Waals surface area contributed by atoms with Gasteiger partial charge in [-0.2, -0.15) is 0 Å². The molecule has 2 aromatic carbocycles. The van der Waals surface area contributed by atoms with Crippen molar-refractivity contribution in [3.63, 3.8) is 0 Å². The predicted molar refractivity (Wildman–Crippen MR) is 75.6 cm³/mol. The van der Waals surface area contributed by atoms with Crippen LogP contribution in [0.1, 0.15) is 33.9 Å². The first-order valence-electron chi connectivity index (χ1n) is 6.62. The summed E-state index contributed by atoms with van der Waals surface area (Å²) in [6.07, 6.45) is 1.10. The molecule has 0 aromatic heterocycles. The van der Waals surface area contributed by atoms with E-state index in [2.05, 4.69) is 61.6 Å². The Morgan fingerprint density at radius 2 is 1.56 bits per heavy atom. The van der Waals surface area contributed by atoms with E-state index >= 15 is 0 Å². The van der Waals surface area contributed by atoms with Crippen LogP contribution in [0.3, 0.4) is 0 Å². The average molecular weight is 237 g/mol. The van der Waals surface area contributed by atoms with Gasteiger partial charge in [-0.1, -0.05) is 42.5 Å². The number of hydrogen-bond donors (Lipinski definition) is 1. The summed E-state index contributed by atoms with van der Waals surface area (Å²) in [5.41, 5.74) is 7.28. The normalized spacial score (nSPS) is 18.4. The first-order valence-corrected chi connectivity index (χ1v) is 6.62. The van der Waals surface area contributed by atoms with Crippen LogP contribution in [-0.4, -0.2) is 0 Å². The Bertz CT molecular complexity index is 557. The van der Waals surface area contributed by atoms with Crippen LogP contribution in [0.15, 0.2) is 42.5 Å². The lowest BCUT2D eigenvalue weighted by molar-refractivity contribution is 0.496. The van der Waals surface area contributed by atoms with Crippen LogP contribution >= 0.6 is 0 Å². The van der Waals surface area contributed by atoms with Gasteiger partial charge >= 0.3 is 0 Å². The first kappa shape index (κ1) is 11.5. The Morgan fingerprint density at radius 1 is 0.889 bits per heavy atom. The van der Waals surface area contributed by atoms with Crippen molar-refractivity contribution in [1.29, 1.82) is 0 Å². The molecular weight excluding hydrogens is 218 g/mol. The molecule has 0 amide bonds. The minimum absolute atomic E-state index is 0.458. The van der Waals surface area contributed by atoms with Crippen LogP contribution in [0.2, 0.25) is 0 Å². The van der Waals surface area contributed by atoms with Crippen molar-refractivity contribution >= 4 is 0 Å². The monoisotopic (exact) mass is 237 g/mol. The van der Waals surface area contributed by atoms with E-state index in [-0.39, 0.29) is 0 Å². The molecule has 0 fully saturated rings. The lowest BCUT2D eigenvalue weighted by atomic mass is 9.87. The fourth-order valence-electron chi connectivity index (χ4n) is 2.88. The van der Waals surface area contributed by atoms with E-state index in [4.69, 9.17) is 0 Å². The van der Waals surface area contributed by atoms with Crippen molar-refractivity contribution in [2.45, 2.75) is 32.9 Å². The van der Waals surface area contributed by atoms with E-state index in [1.54, 1.807) is 5.56 Å². The molecule has 92 valence electrons. The second-order valence-corrected chi connectivity index (χ2v) is 5.20. The maximum absolute atomic E-state index is 3.66. The van der Waals surface area contributed by atoms with Gasteiger partial charge in [0.05, 0.1) is 0 Å². The zero-order chi connectivity index (χ0) is 12.5. The van der Waals surface area contributed by atoms with Gasteiger partial charge in [0, 0.05) is 12.6 Å². The van der Waals surface area contributed by atoms with Gasteiger partial charge in [0.2, 0.25) is 0 Å². The van der Waals surface area contributed by atoms with E-state index in [1.807, 2.05) is 0 Å². The molecule has 18 heavy (non-hydrogen) atoms. The third-order valence-corrected chi connectivity index (χ3v) is 4.04. The predicted octanol–water partition coefficient (Wildman–Crippen LogP) is 3.69. The highest BCUT2D eigenvalue weighted by molar-refractivity contribution is 5.43. The quantitative estimate of drug-likeness (QED) is 0.797. The summed E-state index contributed by atoms with van der Waals surface area (Å²) < 4.78 is 0. The van der Waals surface area contributed by atoms with Gasteiger partial charge in [-0.3, -0.25) is 0 Å². The van der Waals surface area contributed by atoms with Gasteiger partial charge in [0.1, 0.15) is 0 Å². The molecular formula is C17H19N. The number of rotatable bonds is 1. The molecule has 1 aliphatic rings. The molecule has 0 saturated carbocycles. The smallest absolute Gasteiger partial charge is 0.0364 e. The fraction of sp³-hybridized carbons (Fsp3) is 0.294. The van der Waals surface area contributed by atoms with Crippen molar-refractivity contribution in [2.75, 3.05) is 0 Å². The number of aryl methyl sites for hydroxylation is 2. The summed E-state index contributed by atoms with van der Waals surface area (Å²) in [4.78, 5) is 0. The molecule has 0 spiro atoms. The van der Waals surface area contributed by atoms with E-state index < -0.39 is 0 Å². The third-order valence-electron chi connectivity index (χ3n) is 4.04. The molecule has 1 nitrogen and oxygen atoms in total. The molecule has 0 aliphatic carbocycles. The van der Waals surface area contributed by atoms with Crippen molar-refractivity contribution in [3.05, 3.63) is 70.3 Å². The maximum Gasteiger partial charge on any atom is 0.0364 e. The van der Waals surface area contributed by atoms with Crippen LogP contribution in [0.4, 0.5) is 0 Å². The topological polar surface area (TPSA) is 12.0 Å². The van der Waals surface area contributed by atoms with Crippen LogP contribution < -0.4 is 5.32 Å². The standard InChI is InChI=1S/C17H19N/c1-12-8-9-13(2)16-11-18-17(10-15(12)16)14-6-4-3-5-7-14/h3-9,17-18H,10-11H2,1-2H3. The number of benzene rings is 2. The molecule has 1 heterocycles. The summed E-state index contributed by atoms with van der Waals surface area (Å²) in [7, 11) is 0. The second-order valence-electron chi connectivity index (χ2n) is 5.20. The van der Waals surface area contributed by atoms with E-state index in [0.29, 0.717) is 6.04 Å². The molecule has 3 rings (SSSR count). The molecule has 1 aliphatic heterocycles. The SMILES string of the molecule is Cc1ccc(C)c2c1CNC(c1ccccc1)C2. The zero-order valence-electron chi connectivity index (χ0n) is 11.0. The summed E-state index contributed by atoms with van der Waals surface area (Å²) in [6, 6.07) is 15.7. The summed E-state index contributed by atoms with van der Waals surface area (Å²) in [6.45, 7) is 5.43. The van der Waals surface area contributed by atoms with Gasteiger partial charge in [-0.05, 0) is 48.1 Å². The Hall–Kier alpha value is -1.60. The van der Waals surface area contributed by atoms with Gasteiger partial charge in [0.15, 0.2) is 0 Å². The molecule has 1 unspecified atom stereocenters. The Balaban J connectivity index is 1.96. The Morgan fingerprint density at radius 3 is 2.28 bits per heavy atom. The minimum Gasteiger partial charge on any atom is -0.306 e. The van der Waals surface area contributed by atoms with Gasteiger partial charge in [-0.25, -0.2) is 0 Å². The van der Waals surface area contributed by atoms with Gasteiger partial charge < -0.3 is 5.32 Å². The van der Waals surface area contributed by atoms with E-state index in [0.717, 1.165) is 13.0 Å². The highest BCUT2D eigenvalue weighted by Gasteiger charge is 2.21. The summed E-state index contributed by atoms with van der Waals surface area (Å²) >= 11 is 0. The number of nitrogens with one attached hydrogen (secondary N) is 1. The molecule has 1 atom stereocenters. The molecule has 0 bridgehead atoms. The van der Waals surface area contributed by atoms with Gasteiger partial charge in [0.25, 0.3) is 0 Å². The maximum atomic E-state index is 3.66. The first-order chi connectivity index (χ1) is 8.75. The summed E-state index contributed by atoms with van der Waals surface area (Å²) in [5, 5.41) is 3.66. The Kier molecular flexibility index (Phi) is 2.92. The molecule has 1 N–H and O–H groups in total. The average Bonchev–Trinajstić information content (AvgIpc) is 2.44. The van der Waals surface area contributed by atoms with Crippen LogP contribution in [-0.2, 0) is 13.0 Å². The highest BCUT2D eigenvalue weighted by atomic mass is 14.9. The summed E-state index contributed by atoms with van der Waals surface area (Å²) in [5.74, 6) is 0. The number of fused-ring (bicyclic) bond motifs is 1. The van der Waals surface area contributed by atoms with Crippen LogP contribution in [0.25, 0.3) is 0 Å². The lowest BCUT2D eigenvalue weighted by Gasteiger charge is -2.29. The van der Waals surface area contributed by atoms with Crippen molar-refractivity contribution < 1.29 is 0 Å². The molecule has 0 radical (unpaired) electrons. The van der Waals surface area contributed by atoms with Crippen LogP contribution in [0, 0.1) is 13.8 Å². The third kappa shape index (κ3) is 1.95. The minimum atomic E-state index is 0.458.